The number of likely N-dealkylation sites (N-methyl/N-ethyl adjacent to an activating group) is 2. The summed E-state index contributed by atoms with van der Waals surface area (Å²) in [5.74, 6) is 0.590. The van der Waals surface area contributed by atoms with E-state index >= 15 is 0 Å². The lowest BCUT2D eigenvalue weighted by Crippen LogP contribution is -2.66. The molecule has 3 saturated heterocycles. The molecule has 3 rings (SSSR count). The summed E-state index contributed by atoms with van der Waals surface area (Å²) < 4.78 is 38.3. The average Bonchev–Trinajstić information content (AvgIpc) is 2.63. The quantitative estimate of drug-likeness (QED) is 0.355. The zero-order valence-corrected chi connectivity index (χ0v) is 19.0. The van der Waals surface area contributed by atoms with Crippen molar-refractivity contribution in [1.29, 1.82) is 0 Å². The van der Waals surface area contributed by atoms with Crippen LogP contribution in [0.4, 0.5) is 0 Å². The number of nitrogens with zero attached hydrogens (tertiary/aromatic N) is 2. The molecule has 3 fully saturated rings. The molecule has 0 amide bonds. The van der Waals surface area contributed by atoms with Crippen LogP contribution in [0.5, 0.6) is 0 Å². The Kier molecular flexibility index (Phi) is 11.3. The molecule has 29 heavy (non-hydrogen) atoms. The van der Waals surface area contributed by atoms with Crippen molar-refractivity contribution in [2.45, 2.75) is 0 Å². The molecular formula is C19H40N4O5S. The molecule has 0 aromatic heterocycles. The number of likely N-dealkylation sites (tertiary alicyclic amines) is 1. The zero-order chi connectivity index (χ0) is 21.0. The number of rotatable bonds is 12. The van der Waals surface area contributed by atoms with Crippen LogP contribution in [0.25, 0.3) is 0 Å². The number of hydrogen-bond donors (Lipinski definition) is 2. The lowest BCUT2D eigenvalue weighted by molar-refractivity contribution is -0.190. The minimum atomic E-state index is -2.75. The van der Waals surface area contributed by atoms with Gasteiger partial charge in [0.15, 0.2) is 9.84 Å². The van der Waals surface area contributed by atoms with E-state index in [1.54, 1.807) is 0 Å². The lowest BCUT2D eigenvalue weighted by atomic mass is 9.78. The van der Waals surface area contributed by atoms with Gasteiger partial charge in [0, 0.05) is 57.8 Å². The molecule has 3 heterocycles. The molecule has 0 aliphatic carbocycles. The maximum Gasteiger partial charge on any atom is 0.152 e. The second-order valence-electron chi connectivity index (χ2n) is 8.13. The summed E-state index contributed by atoms with van der Waals surface area (Å²) in [6.45, 7) is 12.5. The van der Waals surface area contributed by atoms with Crippen LogP contribution in [0.15, 0.2) is 0 Å². The highest BCUT2D eigenvalue weighted by Crippen LogP contribution is 2.36. The molecule has 0 bridgehead atoms. The Morgan fingerprint density at radius 2 is 1.38 bits per heavy atom. The van der Waals surface area contributed by atoms with Gasteiger partial charge in [-0.05, 0) is 14.1 Å². The van der Waals surface area contributed by atoms with Gasteiger partial charge >= 0.3 is 0 Å². The predicted molar refractivity (Wildman–Crippen MR) is 114 cm³/mol. The van der Waals surface area contributed by atoms with Crippen LogP contribution < -0.4 is 10.6 Å². The molecule has 0 aromatic carbocycles. The third-order valence-electron chi connectivity index (χ3n) is 5.47. The van der Waals surface area contributed by atoms with Crippen LogP contribution >= 0.6 is 0 Å². The van der Waals surface area contributed by atoms with E-state index < -0.39 is 9.84 Å². The molecular weight excluding hydrogens is 396 g/mol. The third-order valence-corrected chi connectivity index (χ3v) is 7.08. The van der Waals surface area contributed by atoms with Gasteiger partial charge in [-0.3, -0.25) is 9.80 Å². The Morgan fingerprint density at radius 3 is 1.83 bits per heavy atom. The van der Waals surface area contributed by atoms with E-state index in [0.717, 1.165) is 52.6 Å². The largest absolute Gasteiger partial charge is 0.380 e. The molecule has 0 aromatic rings. The highest BCUT2D eigenvalue weighted by Gasteiger charge is 2.48. The topological polar surface area (TPSA) is 92.4 Å². The molecule has 9 nitrogen and oxygen atoms in total. The van der Waals surface area contributed by atoms with Crippen LogP contribution in [0.3, 0.4) is 0 Å². The second-order valence-corrected chi connectivity index (χ2v) is 10.4. The Hall–Kier alpha value is -0.330. The van der Waals surface area contributed by atoms with Crippen molar-refractivity contribution in [3.8, 4) is 0 Å². The molecule has 0 unspecified atom stereocenters. The smallest absolute Gasteiger partial charge is 0.152 e. The fourth-order valence-electron chi connectivity index (χ4n) is 3.55. The van der Waals surface area contributed by atoms with E-state index in [9.17, 15) is 8.42 Å². The first-order valence-electron chi connectivity index (χ1n) is 10.7. The average molecular weight is 437 g/mol. The standard InChI is InChI=1S/C10H20N2O2.C9H20N2O3S/c1-11-2-4-13-5-3-12-6-10(7-12)8-14-9-10;1-10-2-6-14-7-3-11-4-8-15(12,13)9-5-11/h11H,2-9H2,1H3;10H,2-9H2,1H3. The summed E-state index contributed by atoms with van der Waals surface area (Å²) in [5.41, 5.74) is 0.547. The fourth-order valence-corrected chi connectivity index (χ4v) is 4.82. The van der Waals surface area contributed by atoms with Crippen LogP contribution in [0.1, 0.15) is 0 Å². The van der Waals surface area contributed by atoms with Gasteiger partial charge in [0.05, 0.1) is 51.1 Å². The SMILES string of the molecule is CNCCOCCN1CC2(COC2)C1.CNCCOCCN1CCS(=O)(=O)CC1. The van der Waals surface area contributed by atoms with Gasteiger partial charge in [-0.25, -0.2) is 8.42 Å². The molecule has 10 heteroatoms. The maximum atomic E-state index is 11.1. The Bertz CT molecular complexity index is 523. The van der Waals surface area contributed by atoms with Crippen molar-refractivity contribution in [3.05, 3.63) is 0 Å². The monoisotopic (exact) mass is 436 g/mol. The molecule has 3 aliphatic heterocycles. The predicted octanol–water partition coefficient (Wildman–Crippen LogP) is -1.49. The van der Waals surface area contributed by atoms with Crippen LogP contribution in [0.2, 0.25) is 0 Å². The molecule has 2 N–H and O–H groups in total. The van der Waals surface area contributed by atoms with Crippen molar-refractivity contribution in [2.75, 3.05) is 118 Å². The minimum absolute atomic E-state index is 0.295. The van der Waals surface area contributed by atoms with Crippen molar-refractivity contribution < 1.29 is 22.6 Å². The second kappa shape index (κ2) is 13.2. The number of ether oxygens (including phenoxy) is 3. The molecule has 172 valence electrons. The lowest BCUT2D eigenvalue weighted by Gasteiger charge is -2.55. The van der Waals surface area contributed by atoms with E-state index in [4.69, 9.17) is 14.2 Å². The highest BCUT2D eigenvalue weighted by molar-refractivity contribution is 7.91. The minimum Gasteiger partial charge on any atom is -0.380 e. The Labute approximate surface area is 176 Å². The van der Waals surface area contributed by atoms with Crippen LogP contribution in [-0.2, 0) is 24.0 Å². The first-order chi connectivity index (χ1) is 14.0. The molecule has 3 aliphatic rings. The van der Waals surface area contributed by atoms with E-state index in [-0.39, 0.29) is 0 Å². The highest BCUT2D eigenvalue weighted by atomic mass is 32.2. The fraction of sp³-hybridized carbons (Fsp3) is 1.00. The summed E-state index contributed by atoms with van der Waals surface area (Å²) in [7, 11) is 1.08. The first kappa shape index (κ1) is 24.9. The zero-order valence-electron chi connectivity index (χ0n) is 18.2. The first-order valence-corrected chi connectivity index (χ1v) is 12.5. The van der Waals surface area contributed by atoms with Crippen LogP contribution in [0, 0.1) is 5.41 Å². The van der Waals surface area contributed by atoms with Gasteiger partial charge in [-0.2, -0.15) is 0 Å². The van der Waals surface area contributed by atoms with Gasteiger partial charge in [0.25, 0.3) is 0 Å². The molecule has 1 spiro atoms. The molecule has 0 atom stereocenters. The van der Waals surface area contributed by atoms with Gasteiger partial charge in [0.1, 0.15) is 0 Å². The summed E-state index contributed by atoms with van der Waals surface area (Å²) >= 11 is 0. The summed E-state index contributed by atoms with van der Waals surface area (Å²) in [4.78, 5) is 4.59. The van der Waals surface area contributed by atoms with Crippen LogP contribution in [-0.4, -0.2) is 136 Å². The molecule has 0 saturated carbocycles. The van der Waals surface area contributed by atoms with Gasteiger partial charge in [-0.1, -0.05) is 0 Å². The summed E-state index contributed by atoms with van der Waals surface area (Å²) in [6.07, 6.45) is 0. The Morgan fingerprint density at radius 1 is 0.862 bits per heavy atom. The summed E-state index contributed by atoms with van der Waals surface area (Å²) in [6, 6.07) is 0. The van der Waals surface area contributed by atoms with Gasteiger partial charge in [-0.15, -0.1) is 0 Å². The van der Waals surface area contributed by atoms with Crippen molar-refractivity contribution in [1.82, 2.24) is 20.4 Å². The van der Waals surface area contributed by atoms with E-state index in [2.05, 4.69) is 20.4 Å². The van der Waals surface area contributed by atoms with Crippen molar-refractivity contribution in [3.63, 3.8) is 0 Å². The van der Waals surface area contributed by atoms with E-state index in [0.29, 0.717) is 43.2 Å². The molecule has 0 radical (unpaired) electrons. The normalized spacial score (nSPS) is 23.1. The van der Waals surface area contributed by atoms with E-state index in [1.807, 2.05) is 14.1 Å². The van der Waals surface area contributed by atoms with E-state index in [1.165, 1.54) is 13.1 Å². The Balaban J connectivity index is 0.000000207. The maximum absolute atomic E-state index is 11.1. The summed E-state index contributed by atoms with van der Waals surface area (Å²) in [5, 5.41) is 6.06. The van der Waals surface area contributed by atoms with Gasteiger partial charge in [0.2, 0.25) is 0 Å². The number of sulfone groups is 1. The number of hydrogen-bond acceptors (Lipinski definition) is 9. The van der Waals surface area contributed by atoms with Crippen molar-refractivity contribution >= 4 is 9.84 Å². The van der Waals surface area contributed by atoms with Gasteiger partial charge < -0.3 is 24.8 Å². The van der Waals surface area contributed by atoms with Crippen molar-refractivity contribution in [2.24, 2.45) is 5.41 Å². The third kappa shape index (κ3) is 9.56. The number of nitrogens with one attached hydrogen (secondary N) is 2.